The highest BCUT2D eigenvalue weighted by Crippen LogP contribution is 2.08. The molecule has 0 bridgehead atoms. The Morgan fingerprint density at radius 1 is 1.22 bits per heavy atom. The van der Waals surface area contributed by atoms with Crippen LogP contribution >= 0.6 is 0 Å². The molecular weight excluding hydrogens is 226 g/mol. The second kappa shape index (κ2) is 5.71. The van der Waals surface area contributed by atoms with Gasteiger partial charge in [0.2, 0.25) is 5.95 Å². The predicted molar refractivity (Wildman–Crippen MR) is 72.5 cm³/mol. The fourth-order valence-corrected chi connectivity index (χ4v) is 1.94. The molecule has 0 spiro atoms. The van der Waals surface area contributed by atoms with Gasteiger partial charge >= 0.3 is 0 Å². The van der Waals surface area contributed by atoms with E-state index >= 15 is 0 Å². The number of aromatic nitrogens is 4. The Balaban J connectivity index is 1.87. The van der Waals surface area contributed by atoms with Crippen LogP contribution in [0.3, 0.4) is 0 Å². The number of nitrogens with one attached hydrogen (secondary N) is 1. The molecule has 0 amide bonds. The van der Waals surface area contributed by atoms with Crippen LogP contribution in [0.4, 0.5) is 5.95 Å². The van der Waals surface area contributed by atoms with E-state index in [1.165, 1.54) is 0 Å². The summed E-state index contributed by atoms with van der Waals surface area (Å²) in [6.45, 7) is 6.25. The lowest BCUT2D eigenvalue weighted by molar-refractivity contribution is 0.526. The highest BCUT2D eigenvalue weighted by molar-refractivity contribution is 5.25. The lowest BCUT2D eigenvalue weighted by Gasteiger charge is -2.11. The van der Waals surface area contributed by atoms with Crippen LogP contribution < -0.4 is 5.32 Å². The maximum atomic E-state index is 4.34. The summed E-state index contributed by atoms with van der Waals surface area (Å²) in [5, 5.41) is 3.36. The van der Waals surface area contributed by atoms with Crippen molar-refractivity contribution >= 4 is 5.95 Å². The van der Waals surface area contributed by atoms with Crippen molar-refractivity contribution in [2.75, 3.05) is 11.9 Å². The number of nitrogens with zero attached hydrogens (tertiary/aromatic N) is 4. The first kappa shape index (κ1) is 12.7. The first-order chi connectivity index (χ1) is 8.66. The second-order valence-electron chi connectivity index (χ2n) is 4.93. The topological polar surface area (TPSA) is 47.7 Å². The first-order valence-electron chi connectivity index (χ1n) is 6.38. The van der Waals surface area contributed by atoms with E-state index in [1.807, 2.05) is 36.4 Å². The Morgan fingerprint density at radius 2 is 2.00 bits per heavy atom. The molecule has 0 aliphatic heterocycles. The van der Waals surface area contributed by atoms with Gasteiger partial charge in [0.25, 0.3) is 0 Å². The average Bonchev–Trinajstić information content (AvgIpc) is 2.89. The molecule has 2 aromatic heterocycles. The summed E-state index contributed by atoms with van der Waals surface area (Å²) in [6, 6.07) is 0. The molecule has 0 aromatic carbocycles. The number of rotatable bonds is 6. The van der Waals surface area contributed by atoms with Crippen molar-refractivity contribution in [3.8, 4) is 0 Å². The maximum Gasteiger partial charge on any atom is 0.202 e. The molecule has 2 aromatic rings. The van der Waals surface area contributed by atoms with Crippen LogP contribution in [0.1, 0.15) is 19.7 Å². The third kappa shape index (κ3) is 3.12. The number of imidazole rings is 2. The van der Waals surface area contributed by atoms with Gasteiger partial charge in [-0.2, -0.15) is 0 Å². The maximum absolute atomic E-state index is 4.34. The zero-order valence-corrected chi connectivity index (χ0v) is 11.3. The standard InChI is InChI=1S/C13H21N5/c1-11(2)10-18-9-7-16-13(18)15-5-4-12-14-6-8-17(12)3/h6-9,11H,4-5,10H2,1-3H3,(H,15,16). The van der Waals surface area contributed by atoms with Gasteiger partial charge < -0.3 is 14.5 Å². The van der Waals surface area contributed by atoms with Crippen molar-refractivity contribution in [1.82, 2.24) is 19.1 Å². The molecule has 0 atom stereocenters. The van der Waals surface area contributed by atoms with Crippen molar-refractivity contribution in [3.05, 3.63) is 30.6 Å². The van der Waals surface area contributed by atoms with Crippen LogP contribution in [0.5, 0.6) is 0 Å². The first-order valence-corrected chi connectivity index (χ1v) is 6.38. The summed E-state index contributed by atoms with van der Waals surface area (Å²) >= 11 is 0. The molecule has 1 N–H and O–H groups in total. The van der Waals surface area contributed by atoms with Gasteiger partial charge in [-0.25, -0.2) is 9.97 Å². The summed E-state index contributed by atoms with van der Waals surface area (Å²) in [5.74, 6) is 2.65. The average molecular weight is 247 g/mol. The molecule has 2 heterocycles. The Kier molecular flexibility index (Phi) is 4.02. The number of hydrogen-bond acceptors (Lipinski definition) is 3. The zero-order valence-electron chi connectivity index (χ0n) is 11.3. The lowest BCUT2D eigenvalue weighted by atomic mass is 10.2. The van der Waals surface area contributed by atoms with Crippen LogP contribution in [0.2, 0.25) is 0 Å². The van der Waals surface area contributed by atoms with E-state index in [4.69, 9.17) is 0 Å². The predicted octanol–water partition coefficient (Wildman–Crippen LogP) is 1.93. The monoisotopic (exact) mass is 247 g/mol. The Morgan fingerprint density at radius 3 is 2.67 bits per heavy atom. The van der Waals surface area contributed by atoms with Crippen LogP contribution in [0.25, 0.3) is 0 Å². The van der Waals surface area contributed by atoms with Gasteiger partial charge in [0.05, 0.1) is 0 Å². The molecule has 0 saturated heterocycles. The quantitative estimate of drug-likeness (QED) is 0.848. The van der Waals surface area contributed by atoms with Crippen molar-refractivity contribution in [1.29, 1.82) is 0 Å². The van der Waals surface area contributed by atoms with E-state index in [0.29, 0.717) is 5.92 Å². The van der Waals surface area contributed by atoms with E-state index in [-0.39, 0.29) is 0 Å². The van der Waals surface area contributed by atoms with Crippen LogP contribution in [0.15, 0.2) is 24.8 Å². The fraction of sp³-hybridized carbons (Fsp3) is 0.538. The molecule has 0 saturated carbocycles. The molecule has 5 nitrogen and oxygen atoms in total. The minimum absolute atomic E-state index is 0.620. The van der Waals surface area contributed by atoms with E-state index < -0.39 is 0 Å². The Bertz CT molecular complexity index is 483. The third-order valence-corrected chi connectivity index (χ3v) is 2.83. The summed E-state index contributed by atoms with van der Waals surface area (Å²) in [6.07, 6.45) is 8.55. The Labute approximate surface area is 108 Å². The molecule has 0 unspecified atom stereocenters. The number of anilines is 1. The molecule has 0 fully saturated rings. The summed E-state index contributed by atoms with van der Waals surface area (Å²) in [7, 11) is 2.02. The number of hydrogen-bond donors (Lipinski definition) is 1. The van der Waals surface area contributed by atoms with E-state index in [0.717, 1.165) is 31.3 Å². The van der Waals surface area contributed by atoms with Crippen molar-refractivity contribution in [3.63, 3.8) is 0 Å². The van der Waals surface area contributed by atoms with Gasteiger partial charge in [-0.3, -0.25) is 0 Å². The molecule has 98 valence electrons. The van der Waals surface area contributed by atoms with Crippen LogP contribution in [0, 0.1) is 5.92 Å². The van der Waals surface area contributed by atoms with Gasteiger partial charge in [0.15, 0.2) is 0 Å². The molecule has 0 radical (unpaired) electrons. The molecule has 5 heteroatoms. The smallest absolute Gasteiger partial charge is 0.202 e. The van der Waals surface area contributed by atoms with E-state index in [1.54, 1.807) is 0 Å². The zero-order chi connectivity index (χ0) is 13.0. The van der Waals surface area contributed by atoms with E-state index in [2.05, 4.69) is 33.7 Å². The Hall–Kier alpha value is -1.78. The molecule has 0 aliphatic rings. The van der Waals surface area contributed by atoms with Crippen molar-refractivity contribution in [2.24, 2.45) is 13.0 Å². The van der Waals surface area contributed by atoms with Gasteiger partial charge in [-0.15, -0.1) is 0 Å². The minimum Gasteiger partial charge on any atom is -0.355 e. The molecule has 18 heavy (non-hydrogen) atoms. The molecular formula is C13H21N5. The molecule has 0 aliphatic carbocycles. The minimum atomic E-state index is 0.620. The highest BCUT2D eigenvalue weighted by Gasteiger charge is 2.04. The SMILES string of the molecule is CC(C)Cn1ccnc1NCCc1nccn1C. The van der Waals surface area contributed by atoms with Gasteiger partial charge in [0, 0.05) is 51.3 Å². The lowest BCUT2D eigenvalue weighted by Crippen LogP contribution is -2.14. The fourth-order valence-electron chi connectivity index (χ4n) is 1.94. The summed E-state index contributed by atoms with van der Waals surface area (Å²) in [5.41, 5.74) is 0. The van der Waals surface area contributed by atoms with Gasteiger partial charge in [0.1, 0.15) is 5.82 Å². The number of aryl methyl sites for hydroxylation is 1. The van der Waals surface area contributed by atoms with Crippen molar-refractivity contribution in [2.45, 2.75) is 26.8 Å². The van der Waals surface area contributed by atoms with Crippen LogP contribution in [-0.4, -0.2) is 25.6 Å². The van der Waals surface area contributed by atoms with Crippen molar-refractivity contribution < 1.29 is 0 Å². The van der Waals surface area contributed by atoms with Gasteiger partial charge in [-0.1, -0.05) is 13.8 Å². The normalized spacial score (nSPS) is 11.1. The van der Waals surface area contributed by atoms with E-state index in [9.17, 15) is 0 Å². The molecule has 2 rings (SSSR count). The largest absolute Gasteiger partial charge is 0.355 e. The van der Waals surface area contributed by atoms with Gasteiger partial charge in [-0.05, 0) is 5.92 Å². The highest BCUT2D eigenvalue weighted by atomic mass is 15.2. The third-order valence-electron chi connectivity index (χ3n) is 2.83. The second-order valence-corrected chi connectivity index (χ2v) is 4.93. The summed E-state index contributed by atoms with van der Waals surface area (Å²) in [4.78, 5) is 8.64. The summed E-state index contributed by atoms with van der Waals surface area (Å²) < 4.78 is 4.20. The van der Waals surface area contributed by atoms with Crippen LogP contribution in [-0.2, 0) is 20.0 Å².